The summed E-state index contributed by atoms with van der Waals surface area (Å²) in [6.07, 6.45) is -4.40. The molecule has 0 atom stereocenters. The van der Waals surface area contributed by atoms with E-state index < -0.39 is 23.3 Å². The SMILES string of the molecule is CC(=O)OC1(CN2N=C(c3ccccc3Nc3ccc(C(F)(F)F)cc3)NN2)CN(C(C)=O)C1. The zero-order valence-corrected chi connectivity index (χ0v) is 18.4. The maximum Gasteiger partial charge on any atom is 0.416 e. The fourth-order valence-corrected chi connectivity index (χ4v) is 3.83. The summed E-state index contributed by atoms with van der Waals surface area (Å²) in [5.41, 5.74) is 6.00. The molecule has 3 N–H and O–H groups in total. The van der Waals surface area contributed by atoms with Gasteiger partial charge in [0.25, 0.3) is 0 Å². The number of hydrazone groups is 1. The Kier molecular flexibility index (Phi) is 6.09. The van der Waals surface area contributed by atoms with Crippen molar-refractivity contribution < 1.29 is 27.5 Å². The Morgan fingerprint density at radius 3 is 2.41 bits per heavy atom. The number of carbonyl (C=O) groups excluding carboxylic acids is 2. The van der Waals surface area contributed by atoms with Gasteiger partial charge in [0.1, 0.15) is 0 Å². The van der Waals surface area contributed by atoms with Crippen LogP contribution in [0.3, 0.4) is 0 Å². The Hall–Kier alpha value is -3.80. The van der Waals surface area contributed by atoms with Crippen LogP contribution < -0.4 is 16.3 Å². The Morgan fingerprint density at radius 1 is 1.12 bits per heavy atom. The zero-order valence-electron chi connectivity index (χ0n) is 18.4. The van der Waals surface area contributed by atoms with E-state index in [1.165, 1.54) is 31.1 Å². The van der Waals surface area contributed by atoms with Gasteiger partial charge in [-0.3, -0.25) is 15.0 Å². The largest absolute Gasteiger partial charge is 0.453 e. The van der Waals surface area contributed by atoms with Gasteiger partial charge in [0.05, 0.1) is 25.2 Å². The summed E-state index contributed by atoms with van der Waals surface area (Å²) in [6, 6.07) is 11.9. The second-order valence-corrected chi connectivity index (χ2v) is 8.14. The van der Waals surface area contributed by atoms with Gasteiger partial charge >= 0.3 is 12.1 Å². The molecular weight excluding hydrogens is 453 g/mol. The van der Waals surface area contributed by atoms with E-state index in [2.05, 4.69) is 21.4 Å². The van der Waals surface area contributed by atoms with Gasteiger partial charge in [-0.15, -0.1) is 10.6 Å². The molecular formula is C22H23F3N6O3. The van der Waals surface area contributed by atoms with Crippen LogP contribution in [-0.4, -0.2) is 53.0 Å². The molecule has 0 saturated carbocycles. The van der Waals surface area contributed by atoms with E-state index >= 15 is 0 Å². The second-order valence-electron chi connectivity index (χ2n) is 8.14. The van der Waals surface area contributed by atoms with Crippen LogP contribution in [0.1, 0.15) is 25.0 Å². The van der Waals surface area contributed by atoms with Crippen molar-refractivity contribution in [2.45, 2.75) is 25.6 Å². The number of alkyl halides is 3. The smallest absolute Gasteiger partial charge is 0.416 e. The molecule has 2 aliphatic rings. The number of anilines is 2. The minimum absolute atomic E-state index is 0.109. The first-order chi connectivity index (χ1) is 16.0. The number of ether oxygens (including phenoxy) is 1. The number of hydrogen-bond donors (Lipinski definition) is 3. The quantitative estimate of drug-likeness (QED) is 0.552. The molecule has 1 saturated heterocycles. The maximum atomic E-state index is 12.8. The van der Waals surface area contributed by atoms with Gasteiger partial charge < -0.3 is 15.0 Å². The van der Waals surface area contributed by atoms with Crippen molar-refractivity contribution in [2.24, 2.45) is 5.10 Å². The van der Waals surface area contributed by atoms with Gasteiger partial charge in [0.2, 0.25) is 5.91 Å². The highest BCUT2D eigenvalue weighted by Crippen LogP contribution is 2.31. The second kappa shape index (κ2) is 8.86. The number of para-hydroxylation sites is 1. The van der Waals surface area contributed by atoms with Gasteiger partial charge in [-0.2, -0.15) is 13.2 Å². The van der Waals surface area contributed by atoms with Crippen LogP contribution in [0.15, 0.2) is 53.6 Å². The lowest BCUT2D eigenvalue weighted by Crippen LogP contribution is -2.69. The van der Waals surface area contributed by atoms with Gasteiger partial charge in [0, 0.05) is 30.8 Å². The summed E-state index contributed by atoms with van der Waals surface area (Å²) in [5.74, 6) is -0.107. The van der Waals surface area contributed by atoms with E-state index in [0.717, 1.165) is 12.1 Å². The van der Waals surface area contributed by atoms with Gasteiger partial charge in [-0.1, -0.05) is 12.1 Å². The number of amidine groups is 1. The molecule has 0 radical (unpaired) electrons. The van der Waals surface area contributed by atoms with Crippen LogP contribution in [-0.2, 0) is 20.5 Å². The number of benzene rings is 2. The third-order valence-corrected chi connectivity index (χ3v) is 5.40. The number of amides is 1. The Bertz CT molecular complexity index is 1110. The topological polar surface area (TPSA) is 98.3 Å². The van der Waals surface area contributed by atoms with Crippen LogP contribution in [0.5, 0.6) is 0 Å². The highest BCUT2D eigenvalue weighted by molar-refractivity contribution is 6.04. The number of likely N-dealkylation sites (tertiary alicyclic amines) is 1. The molecule has 12 heteroatoms. The van der Waals surface area contributed by atoms with Crippen LogP contribution in [0.4, 0.5) is 24.5 Å². The monoisotopic (exact) mass is 476 g/mol. The van der Waals surface area contributed by atoms with E-state index in [1.807, 2.05) is 0 Å². The molecule has 2 aromatic carbocycles. The number of nitrogens with zero attached hydrogens (tertiary/aromatic N) is 3. The van der Waals surface area contributed by atoms with Crippen molar-refractivity contribution >= 4 is 29.1 Å². The lowest BCUT2D eigenvalue weighted by molar-refractivity contribution is -0.188. The third kappa shape index (κ3) is 5.06. The van der Waals surface area contributed by atoms with Crippen molar-refractivity contribution in [3.05, 3.63) is 59.7 Å². The van der Waals surface area contributed by atoms with Crippen LogP contribution in [0.2, 0.25) is 0 Å². The molecule has 180 valence electrons. The van der Waals surface area contributed by atoms with Crippen molar-refractivity contribution in [3.63, 3.8) is 0 Å². The molecule has 0 aliphatic carbocycles. The van der Waals surface area contributed by atoms with Gasteiger partial charge in [-0.05, 0) is 36.4 Å². The summed E-state index contributed by atoms with van der Waals surface area (Å²) < 4.78 is 44.0. The maximum absolute atomic E-state index is 12.8. The summed E-state index contributed by atoms with van der Waals surface area (Å²) >= 11 is 0. The molecule has 2 aromatic rings. The average molecular weight is 476 g/mol. The molecule has 2 heterocycles. The normalized spacial score (nSPS) is 16.9. The Morgan fingerprint density at radius 2 is 1.79 bits per heavy atom. The first-order valence-electron chi connectivity index (χ1n) is 10.4. The fourth-order valence-electron chi connectivity index (χ4n) is 3.83. The molecule has 2 aliphatic heterocycles. The molecule has 0 unspecified atom stereocenters. The summed E-state index contributed by atoms with van der Waals surface area (Å²) in [5, 5.41) is 9.08. The van der Waals surface area contributed by atoms with Crippen LogP contribution >= 0.6 is 0 Å². The Labute approximate surface area is 193 Å². The van der Waals surface area contributed by atoms with E-state index in [4.69, 9.17) is 4.74 Å². The minimum Gasteiger partial charge on any atom is -0.453 e. The highest BCUT2D eigenvalue weighted by atomic mass is 19.4. The first kappa shape index (κ1) is 23.4. The summed E-state index contributed by atoms with van der Waals surface area (Å²) in [7, 11) is 0. The third-order valence-electron chi connectivity index (χ3n) is 5.40. The number of rotatable bonds is 6. The lowest BCUT2D eigenvalue weighted by Gasteiger charge is -2.49. The number of nitrogens with one attached hydrogen (secondary N) is 3. The Balaban J connectivity index is 1.49. The number of hydrazine groups is 2. The predicted molar refractivity (Wildman–Crippen MR) is 117 cm³/mol. The number of hydrogen-bond acceptors (Lipinski definition) is 8. The minimum atomic E-state index is -4.40. The standard InChI is InChI=1S/C22H23F3N6O3/c1-14(32)30-11-21(12-30,34-15(2)33)13-31-28-20(27-29-31)18-5-3-4-6-19(18)26-17-9-7-16(8-10-17)22(23,24)25/h3-10,26,29H,11-13H2,1-2H3,(H,27,28). The predicted octanol–water partition coefficient (Wildman–Crippen LogP) is 2.60. The van der Waals surface area contributed by atoms with Gasteiger partial charge in [0.15, 0.2) is 11.4 Å². The first-order valence-corrected chi connectivity index (χ1v) is 10.4. The van der Waals surface area contributed by atoms with Crippen molar-refractivity contribution in [1.29, 1.82) is 0 Å². The summed E-state index contributed by atoms with van der Waals surface area (Å²) in [4.78, 5) is 24.7. The van der Waals surface area contributed by atoms with Crippen LogP contribution in [0, 0.1) is 0 Å². The molecule has 1 fully saturated rings. The van der Waals surface area contributed by atoms with Crippen molar-refractivity contribution in [1.82, 2.24) is 21.0 Å². The molecule has 34 heavy (non-hydrogen) atoms. The summed E-state index contributed by atoms with van der Waals surface area (Å²) in [6.45, 7) is 3.48. The van der Waals surface area contributed by atoms with E-state index in [9.17, 15) is 22.8 Å². The lowest BCUT2D eigenvalue weighted by atomic mass is 9.93. The highest BCUT2D eigenvalue weighted by Gasteiger charge is 2.49. The molecule has 9 nitrogen and oxygen atoms in total. The molecule has 4 rings (SSSR count). The molecule has 0 aromatic heterocycles. The van der Waals surface area contributed by atoms with Crippen molar-refractivity contribution in [3.8, 4) is 0 Å². The van der Waals surface area contributed by atoms with Crippen molar-refractivity contribution in [2.75, 3.05) is 25.0 Å². The average Bonchev–Trinajstić information content (AvgIpc) is 3.19. The van der Waals surface area contributed by atoms with Crippen LogP contribution in [0.25, 0.3) is 0 Å². The van der Waals surface area contributed by atoms with E-state index in [0.29, 0.717) is 22.8 Å². The van der Waals surface area contributed by atoms with E-state index in [1.54, 1.807) is 29.2 Å². The molecule has 0 spiro atoms. The molecule has 0 bridgehead atoms. The number of carbonyl (C=O) groups is 2. The van der Waals surface area contributed by atoms with Gasteiger partial charge in [-0.25, -0.2) is 5.12 Å². The number of halogens is 3. The number of esters is 1. The molecule has 1 amide bonds. The zero-order chi connectivity index (χ0) is 24.5. The van der Waals surface area contributed by atoms with E-state index in [-0.39, 0.29) is 25.5 Å². The fraction of sp³-hybridized carbons (Fsp3) is 0.318.